The zero-order valence-corrected chi connectivity index (χ0v) is 21.1. The molecule has 8 heteroatoms. The number of fused-ring (bicyclic) bond motifs is 1. The van der Waals surface area contributed by atoms with E-state index in [1.807, 2.05) is 66.6 Å². The van der Waals surface area contributed by atoms with E-state index in [0.29, 0.717) is 41.5 Å². The van der Waals surface area contributed by atoms with Crippen molar-refractivity contribution in [2.24, 2.45) is 0 Å². The van der Waals surface area contributed by atoms with Crippen molar-refractivity contribution < 1.29 is 13.9 Å². The average molecular weight is 491 g/mol. The first-order valence-corrected chi connectivity index (χ1v) is 12.3. The maximum absolute atomic E-state index is 14.7. The van der Waals surface area contributed by atoms with Crippen LogP contribution in [0, 0.1) is 12.7 Å². The number of ether oxygens (including phenoxy) is 2. The van der Waals surface area contributed by atoms with E-state index >= 15 is 0 Å². The molecule has 4 aromatic rings. The Morgan fingerprint density at radius 2 is 1.89 bits per heavy atom. The van der Waals surface area contributed by atoms with Gasteiger partial charge in [0, 0.05) is 19.3 Å². The smallest absolute Gasteiger partial charge is 0.329 e. The molecule has 5 rings (SSSR count). The molecule has 1 fully saturated rings. The molecular formula is C28H31FN4O3. The van der Waals surface area contributed by atoms with Gasteiger partial charge in [-0.1, -0.05) is 18.2 Å². The second-order valence-electron chi connectivity index (χ2n) is 9.48. The van der Waals surface area contributed by atoms with E-state index in [0.717, 1.165) is 17.5 Å². The standard InChI is InChI=1S/C28H31FN4O3/c1-18(2)36-24-12-7-14-30-22(24)17-32-27-23(10-6-11-25(27)35-4)33(28(32)34)20-13-15-31(16-20)26-19(3)8-5-9-21(26)29/h5-12,14,18,20H,13,15-17H2,1-4H3. The lowest BCUT2D eigenvalue weighted by atomic mass is 10.2. The number of pyridine rings is 1. The largest absolute Gasteiger partial charge is 0.494 e. The van der Waals surface area contributed by atoms with Crippen LogP contribution in [0.3, 0.4) is 0 Å². The number of anilines is 1. The van der Waals surface area contributed by atoms with Gasteiger partial charge >= 0.3 is 5.69 Å². The first kappa shape index (κ1) is 23.9. The van der Waals surface area contributed by atoms with Crippen LogP contribution >= 0.6 is 0 Å². The van der Waals surface area contributed by atoms with Crippen molar-refractivity contribution in [1.82, 2.24) is 14.1 Å². The highest BCUT2D eigenvalue weighted by Gasteiger charge is 2.31. The van der Waals surface area contributed by atoms with E-state index < -0.39 is 0 Å². The molecule has 0 saturated carbocycles. The molecular weight excluding hydrogens is 459 g/mol. The zero-order valence-electron chi connectivity index (χ0n) is 21.1. The Bertz CT molecular complexity index is 1440. The molecule has 0 bridgehead atoms. The highest BCUT2D eigenvalue weighted by Crippen LogP contribution is 2.34. The number of aromatic nitrogens is 3. The van der Waals surface area contributed by atoms with Crippen LogP contribution in [0.5, 0.6) is 11.5 Å². The summed E-state index contributed by atoms with van der Waals surface area (Å²) in [6, 6.07) is 14.4. The second-order valence-corrected chi connectivity index (χ2v) is 9.48. The van der Waals surface area contributed by atoms with Gasteiger partial charge in [0.15, 0.2) is 0 Å². The normalized spacial score (nSPS) is 15.7. The van der Waals surface area contributed by atoms with Crippen LogP contribution in [0.2, 0.25) is 0 Å². The maximum atomic E-state index is 14.7. The average Bonchev–Trinajstić information content (AvgIpc) is 3.42. The fourth-order valence-electron chi connectivity index (χ4n) is 5.20. The van der Waals surface area contributed by atoms with Crippen LogP contribution in [0.15, 0.2) is 59.5 Å². The van der Waals surface area contributed by atoms with E-state index in [1.165, 1.54) is 6.07 Å². The van der Waals surface area contributed by atoms with Crippen molar-refractivity contribution in [3.8, 4) is 11.5 Å². The van der Waals surface area contributed by atoms with Crippen LogP contribution in [0.1, 0.15) is 37.6 Å². The molecule has 0 aliphatic carbocycles. The van der Waals surface area contributed by atoms with Gasteiger partial charge < -0.3 is 14.4 Å². The fourth-order valence-corrected chi connectivity index (χ4v) is 5.20. The summed E-state index contributed by atoms with van der Waals surface area (Å²) >= 11 is 0. The summed E-state index contributed by atoms with van der Waals surface area (Å²) in [4.78, 5) is 20.5. The Kier molecular flexibility index (Phi) is 6.43. The van der Waals surface area contributed by atoms with Crippen molar-refractivity contribution in [1.29, 1.82) is 0 Å². The molecule has 36 heavy (non-hydrogen) atoms. The Hall–Kier alpha value is -3.81. The minimum atomic E-state index is -0.236. The number of imidazole rings is 1. The van der Waals surface area contributed by atoms with Crippen molar-refractivity contribution in [2.45, 2.75) is 45.9 Å². The van der Waals surface area contributed by atoms with Gasteiger partial charge in [-0.05, 0) is 63.1 Å². The Morgan fingerprint density at radius 3 is 2.64 bits per heavy atom. The Morgan fingerprint density at radius 1 is 1.11 bits per heavy atom. The van der Waals surface area contributed by atoms with Crippen molar-refractivity contribution in [3.63, 3.8) is 0 Å². The molecule has 1 unspecified atom stereocenters. The van der Waals surface area contributed by atoms with Crippen LogP contribution in [-0.2, 0) is 6.54 Å². The topological polar surface area (TPSA) is 61.5 Å². The van der Waals surface area contributed by atoms with Gasteiger partial charge in [-0.3, -0.25) is 14.1 Å². The van der Waals surface area contributed by atoms with Crippen LogP contribution in [-0.4, -0.2) is 40.4 Å². The lowest BCUT2D eigenvalue weighted by molar-refractivity contribution is 0.238. The molecule has 1 aliphatic heterocycles. The number of hydrogen-bond acceptors (Lipinski definition) is 5. The van der Waals surface area contributed by atoms with Crippen LogP contribution in [0.25, 0.3) is 11.0 Å². The predicted molar refractivity (Wildman–Crippen MR) is 139 cm³/mol. The van der Waals surface area contributed by atoms with Gasteiger partial charge in [0.2, 0.25) is 0 Å². The number of halogens is 1. The molecule has 0 N–H and O–H groups in total. The third kappa shape index (κ3) is 4.21. The summed E-state index contributed by atoms with van der Waals surface area (Å²) in [6.45, 7) is 7.29. The summed E-state index contributed by atoms with van der Waals surface area (Å²) < 4.78 is 29.9. The summed E-state index contributed by atoms with van der Waals surface area (Å²) in [6.07, 6.45) is 2.41. The summed E-state index contributed by atoms with van der Waals surface area (Å²) in [5.74, 6) is 1.03. The van der Waals surface area contributed by atoms with Crippen molar-refractivity contribution in [3.05, 3.63) is 82.3 Å². The van der Waals surface area contributed by atoms with Gasteiger partial charge in [0.05, 0.1) is 37.0 Å². The fraction of sp³-hybridized carbons (Fsp3) is 0.357. The lowest BCUT2D eigenvalue weighted by Crippen LogP contribution is -2.30. The number of rotatable bonds is 7. The second kappa shape index (κ2) is 9.68. The molecule has 0 radical (unpaired) electrons. The molecule has 0 amide bonds. The van der Waals surface area contributed by atoms with E-state index in [9.17, 15) is 9.18 Å². The molecule has 1 atom stereocenters. The summed E-state index contributed by atoms with van der Waals surface area (Å²) in [7, 11) is 1.60. The Balaban J connectivity index is 1.59. The lowest BCUT2D eigenvalue weighted by Gasteiger charge is -2.21. The molecule has 2 aromatic carbocycles. The highest BCUT2D eigenvalue weighted by atomic mass is 19.1. The predicted octanol–water partition coefficient (Wildman–Crippen LogP) is 4.94. The molecule has 0 spiro atoms. The number of methoxy groups -OCH3 is 1. The summed E-state index contributed by atoms with van der Waals surface area (Å²) in [5, 5.41) is 0. The van der Waals surface area contributed by atoms with Crippen molar-refractivity contribution >= 4 is 16.7 Å². The quantitative estimate of drug-likeness (QED) is 0.367. The van der Waals surface area contributed by atoms with E-state index in [1.54, 1.807) is 23.9 Å². The SMILES string of the molecule is COc1cccc2c1n(Cc1ncccc1OC(C)C)c(=O)n2C1CCN(c2c(C)cccc2F)C1. The molecule has 1 saturated heterocycles. The van der Waals surface area contributed by atoms with Crippen LogP contribution in [0.4, 0.5) is 10.1 Å². The first-order valence-electron chi connectivity index (χ1n) is 12.3. The van der Waals surface area contributed by atoms with E-state index in [-0.39, 0.29) is 30.2 Å². The number of nitrogens with zero attached hydrogens (tertiary/aromatic N) is 4. The number of benzene rings is 2. The third-order valence-electron chi connectivity index (χ3n) is 6.72. The first-order chi connectivity index (χ1) is 17.4. The number of aryl methyl sites for hydroxylation is 1. The van der Waals surface area contributed by atoms with Gasteiger partial charge in [-0.2, -0.15) is 0 Å². The van der Waals surface area contributed by atoms with E-state index in [2.05, 4.69) is 4.98 Å². The van der Waals surface area contributed by atoms with E-state index in [4.69, 9.17) is 9.47 Å². The minimum Gasteiger partial charge on any atom is -0.494 e. The summed E-state index contributed by atoms with van der Waals surface area (Å²) in [5.41, 5.74) is 3.53. The van der Waals surface area contributed by atoms with Crippen LogP contribution < -0.4 is 20.1 Å². The highest BCUT2D eigenvalue weighted by molar-refractivity contribution is 5.83. The molecule has 188 valence electrons. The molecule has 2 aromatic heterocycles. The molecule has 7 nitrogen and oxygen atoms in total. The van der Waals surface area contributed by atoms with Crippen molar-refractivity contribution in [2.75, 3.05) is 25.1 Å². The maximum Gasteiger partial charge on any atom is 0.329 e. The number of para-hydroxylation sites is 2. The zero-order chi connectivity index (χ0) is 25.4. The molecule has 1 aliphatic rings. The van der Waals surface area contributed by atoms with Gasteiger partial charge in [-0.25, -0.2) is 9.18 Å². The Labute approximate surface area is 209 Å². The van der Waals surface area contributed by atoms with Gasteiger partial charge in [-0.15, -0.1) is 0 Å². The monoisotopic (exact) mass is 490 g/mol. The third-order valence-corrected chi connectivity index (χ3v) is 6.72. The molecule has 3 heterocycles. The van der Waals surface area contributed by atoms with Gasteiger partial charge in [0.25, 0.3) is 0 Å². The number of hydrogen-bond donors (Lipinski definition) is 0. The van der Waals surface area contributed by atoms with Gasteiger partial charge in [0.1, 0.15) is 28.5 Å². The minimum absolute atomic E-state index is 0.0214.